The predicted octanol–water partition coefficient (Wildman–Crippen LogP) is 2.89. The second kappa shape index (κ2) is 5.87. The number of fused-ring (bicyclic) bond motifs is 1. The van der Waals surface area contributed by atoms with E-state index in [9.17, 15) is 4.79 Å². The second-order valence-electron chi connectivity index (χ2n) is 5.04. The molecule has 0 fully saturated rings. The van der Waals surface area contributed by atoms with Gasteiger partial charge >= 0.3 is 0 Å². The third-order valence-electron chi connectivity index (χ3n) is 3.61. The first-order valence-electron chi connectivity index (χ1n) is 6.92. The van der Waals surface area contributed by atoms with Crippen molar-refractivity contribution in [2.75, 3.05) is 19.0 Å². The molecule has 21 heavy (non-hydrogen) atoms. The zero-order chi connectivity index (χ0) is 14.7. The molecule has 1 heterocycles. The molecule has 0 spiro atoms. The summed E-state index contributed by atoms with van der Waals surface area (Å²) in [5, 5.41) is 2.92. The zero-order valence-electron chi connectivity index (χ0n) is 11.8. The average Bonchev–Trinajstić information content (AvgIpc) is 2.55. The van der Waals surface area contributed by atoms with E-state index in [0.29, 0.717) is 13.0 Å². The maximum atomic E-state index is 12.3. The lowest BCUT2D eigenvalue weighted by Gasteiger charge is -2.24. The Morgan fingerprint density at radius 1 is 1.19 bits per heavy atom. The lowest BCUT2D eigenvalue weighted by atomic mass is 9.96. The van der Waals surface area contributed by atoms with Gasteiger partial charge in [0, 0.05) is 5.69 Å². The van der Waals surface area contributed by atoms with Crippen LogP contribution in [-0.4, -0.2) is 19.6 Å². The van der Waals surface area contributed by atoms with Gasteiger partial charge in [-0.05, 0) is 42.3 Å². The van der Waals surface area contributed by atoms with Crippen molar-refractivity contribution in [1.82, 2.24) is 0 Å². The Bertz CT molecular complexity index is 637. The summed E-state index contributed by atoms with van der Waals surface area (Å²) in [7, 11) is 1.62. The van der Waals surface area contributed by atoms with Gasteiger partial charge in [0.05, 0.1) is 13.0 Å². The van der Waals surface area contributed by atoms with Gasteiger partial charge in [0.1, 0.15) is 18.1 Å². The minimum absolute atomic E-state index is 0.0188. The molecule has 3 rings (SSSR count). The minimum Gasteiger partial charge on any atom is -0.497 e. The predicted molar refractivity (Wildman–Crippen MR) is 80.8 cm³/mol. The van der Waals surface area contributed by atoms with Crippen molar-refractivity contribution < 1.29 is 14.3 Å². The van der Waals surface area contributed by atoms with E-state index in [2.05, 4.69) is 5.32 Å². The van der Waals surface area contributed by atoms with E-state index >= 15 is 0 Å². The zero-order valence-corrected chi connectivity index (χ0v) is 11.8. The fourth-order valence-corrected chi connectivity index (χ4v) is 2.42. The quantitative estimate of drug-likeness (QED) is 0.942. The molecule has 4 nitrogen and oxygen atoms in total. The molecule has 0 unspecified atom stereocenters. The Balaban J connectivity index is 1.66. The molecule has 0 saturated carbocycles. The Labute approximate surface area is 123 Å². The van der Waals surface area contributed by atoms with E-state index in [1.807, 2.05) is 48.5 Å². The molecule has 0 aromatic heterocycles. The number of carbonyl (C=O) groups excluding carboxylic acids is 1. The van der Waals surface area contributed by atoms with Crippen LogP contribution in [0.5, 0.6) is 11.5 Å². The summed E-state index contributed by atoms with van der Waals surface area (Å²) in [6, 6.07) is 15.1. The first kappa shape index (κ1) is 13.5. The summed E-state index contributed by atoms with van der Waals surface area (Å²) in [5.74, 6) is 1.46. The third kappa shape index (κ3) is 2.99. The van der Waals surface area contributed by atoms with E-state index in [4.69, 9.17) is 9.47 Å². The Kier molecular flexibility index (Phi) is 3.77. The molecule has 1 N–H and O–H groups in total. The first-order chi connectivity index (χ1) is 10.3. The smallest absolute Gasteiger partial charge is 0.231 e. The standard InChI is InChI=1S/C17H17NO3/c1-20-15-8-6-14(7-9-15)18-17(19)13-10-12-4-2-3-5-16(12)21-11-13/h2-9,13H,10-11H2,1H3,(H,18,19)/t13-/m0/s1. The molecule has 0 saturated heterocycles. The number of carbonyl (C=O) groups is 1. The van der Waals surface area contributed by atoms with Gasteiger partial charge in [-0.25, -0.2) is 0 Å². The van der Waals surface area contributed by atoms with Crippen LogP contribution in [0.4, 0.5) is 5.69 Å². The molecule has 108 valence electrons. The van der Waals surface area contributed by atoms with Crippen molar-refractivity contribution >= 4 is 11.6 Å². The monoisotopic (exact) mass is 283 g/mol. The van der Waals surface area contributed by atoms with Crippen LogP contribution >= 0.6 is 0 Å². The lowest BCUT2D eigenvalue weighted by Crippen LogP contribution is -2.32. The van der Waals surface area contributed by atoms with Crippen LogP contribution in [0.2, 0.25) is 0 Å². The van der Waals surface area contributed by atoms with Gasteiger partial charge in [-0.3, -0.25) is 4.79 Å². The van der Waals surface area contributed by atoms with Crippen molar-refractivity contribution in [3.8, 4) is 11.5 Å². The number of anilines is 1. The molecular weight excluding hydrogens is 266 g/mol. The van der Waals surface area contributed by atoms with E-state index in [1.54, 1.807) is 7.11 Å². The van der Waals surface area contributed by atoms with E-state index in [-0.39, 0.29) is 11.8 Å². The first-order valence-corrected chi connectivity index (χ1v) is 6.92. The number of nitrogens with one attached hydrogen (secondary N) is 1. The number of methoxy groups -OCH3 is 1. The van der Waals surface area contributed by atoms with Crippen molar-refractivity contribution in [3.05, 3.63) is 54.1 Å². The second-order valence-corrected chi connectivity index (χ2v) is 5.04. The SMILES string of the molecule is COc1ccc(NC(=O)[C@@H]2COc3ccccc3C2)cc1. The van der Waals surface area contributed by atoms with Crippen LogP contribution in [0.3, 0.4) is 0 Å². The van der Waals surface area contributed by atoms with Crippen molar-refractivity contribution in [1.29, 1.82) is 0 Å². The minimum atomic E-state index is -0.165. The number of benzene rings is 2. The molecule has 1 atom stereocenters. The van der Waals surface area contributed by atoms with Crippen LogP contribution < -0.4 is 14.8 Å². The van der Waals surface area contributed by atoms with E-state index < -0.39 is 0 Å². The molecule has 1 amide bonds. The highest BCUT2D eigenvalue weighted by molar-refractivity contribution is 5.93. The summed E-state index contributed by atoms with van der Waals surface area (Å²) >= 11 is 0. The van der Waals surface area contributed by atoms with Gasteiger partial charge in [0.25, 0.3) is 0 Å². The Morgan fingerprint density at radius 2 is 1.95 bits per heavy atom. The summed E-state index contributed by atoms with van der Waals surface area (Å²) < 4.78 is 10.7. The van der Waals surface area contributed by atoms with Crippen LogP contribution in [0.25, 0.3) is 0 Å². The highest BCUT2D eigenvalue weighted by Crippen LogP contribution is 2.27. The lowest BCUT2D eigenvalue weighted by molar-refractivity contribution is -0.121. The number of amides is 1. The van der Waals surface area contributed by atoms with Crippen LogP contribution in [-0.2, 0) is 11.2 Å². The molecular formula is C17H17NO3. The number of hydrogen-bond donors (Lipinski definition) is 1. The summed E-state index contributed by atoms with van der Waals surface area (Å²) in [6.45, 7) is 0.416. The highest BCUT2D eigenvalue weighted by atomic mass is 16.5. The topological polar surface area (TPSA) is 47.6 Å². The van der Waals surface area contributed by atoms with Gasteiger partial charge in [0.2, 0.25) is 5.91 Å². The van der Waals surface area contributed by atoms with Crippen molar-refractivity contribution in [2.45, 2.75) is 6.42 Å². The Morgan fingerprint density at radius 3 is 2.71 bits per heavy atom. The normalized spacial score (nSPS) is 16.5. The maximum Gasteiger partial charge on any atom is 0.231 e. The van der Waals surface area contributed by atoms with Gasteiger partial charge in [-0.2, -0.15) is 0 Å². The largest absolute Gasteiger partial charge is 0.497 e. The Hall–Kier alpha value is -2.49. The molecule has 1 aliphatic rings. The van der Waals surface area contributed by atoms with Gasteiger partial charge in [-0.15, -0.1) is 0 Å². The van der Waals surface area contributed by atoms with Crippen LogP contribution in [0, 0.1) is 5.92 Å². The maximum absolute atomic E-state index is 12.3. The molecule has 0 radical (unpaired) electrons. The fraction of sp³-hybridized carbons (Fsp3) is 0.235. The fourth-order valence-electron chi connectivity index (χ4n) is 2.42. The number of hydrogen-bond acceptors (Lipinski definition) is 3. The van der Waals surface area contributed by atoms with Crippen molar-refractivity contribution in [2.24, 2.45) is 5.92 Å². The molecule has 1 aliphatic heterocycles. The number of rotatable bonds is 3. The molecule has 2 aromatic carbocycles. The molecule has 2 aromatic rings. The van der Waals surface area contributed by atoms with Gasteiger partial charge in [0.15, 0.2) is 0 Å². The van der Waals surface area contributed by atoms with Crippen LogP contribution in [0.15, 0.2) is 48.5 Å². The molecule has 4 heteroatoms. The summed E-state index contributed by atoms with van der Waals surface area (Å²) in [5.41, 5.74) is 1.85. The third-order valence-corrected chi connectivity index (χ3v) is 3.61. The highest BCUT2D eigenvalue weighted by Gasteiger charge is 2.25. The summed E-state index contributed by atoms with van der Waals surface area (Å²) in [4.78, 5) is 12.3. The summed E-state index contributed by atoms with van der Waals surface area (Å²) in [6.07, 6.45) is 0.707. The van der Waals surface area contributed by atoms with Crippen molar-refractivity contribution in [3.63, 3.8) is 0 Å². The number of ether oxygens (including phenoxy) is 2. The molecule has 0 bridgehead atoms. The van der Waals surface area contributed by atoms with Crippen LogP contribution in [0.1, 0.15) is 5.56 Å². The number of para-hydroxylation sites is 1. The van der Waals surface area contributed by atoms with Gasteiger partial charge < -0.3 is 14.8 Å². The van der Waals surface area contributed by atoms with Gasteiger partial charge in [-0.1, -0.05) is 18.2 Å². The molecule has 0 aliphatic carbocycles. The van der Waals surface area contributed by atoms with E-state index in [0.717, 1.165) is 22.7 Å². The van der Waals surface area contributed by atoms with E-state index in [1.165, 1.54) is 0 Å². The average molecular weight is 283 g/mol.